The van der Waals surface area contributed by atoms with E-state index in [1.165, 1.54) is 23.9 Å². The highest BCUT2D eigenvalue weighted by Crippen LogP contribution is 2.52. The third kappa shape index (κ3) is 5.41. The van der Waals surface area contributed by atoms with Crippen molar-refractivity contribution in [3.63, 3.8) is 0 Å². The summed E-state index contributed by atoms with van der Waals surface area (Å²) in [5.74, 6) is -0.0279. The van der Waals surface area contributed by atoms with Crippen molar-refractivity contribution < 1.29 is 18.7 Å². The molecule has 0 bridgehead atoms. The molecule has 2 aromatic carbocycles. The Hall–Kier alpha value is -2.97. The van der Waals surface area contributed by atoms with Crippen molar-refractivity contribution in [2.45, 2.75) is 69.6 Å². The molecule has 1 saturated carbocycles. The fourth-order valence-electron chi connectivity index (χ4n) is 5.73. The molecule has 0 radical (unpaired) electrons. The van der Waals surface area contributed by atoms with Crippen LogP contribution in [-0.2, 0) is 6.54 Å². The number of aromatic amines is 1. The lowest BCUT2D eigenvalue weighted by Gasteiger charge is -2.37. The number of aryl methyl sites for hydroxylation is 1. The Labute approximate surface area is 236 Å². The Morgan fingerprint density at radius 2 is 1.79 bits per heavy atom. The van der Waals surface area contributed by atoms with Gasteiger partial charge < -0.3 is 19.8 Å². The molecule has 0 unspecified atom stereocenters. The van der Waals surface area contributed by atoms with Crippen molar-refractivity contribution in [2.75, 3.05) is 6.26 Å². The number of pyridine rings is 1. The molecule has 5 rings (SSSR count). The molecule has 0 saturated heterocycles. The molecule has 2 heterocycles. The molecule has 1 fully saturated rings. The lowest BCUT2D eigenvalue weighted by atomic mass is 9.76. The van der Waals surface area contributed by atoms with E-state index in [9.17, 15) is 14.0 Å². The predicted octanol–water partition coefficient (Wildman–Crippen LogP) is 6.90. The van der Waals surface area contributed by atoms with Crippen molar-refractivity contribution in [1.82, 2.24) is 10.3 Å². The highest BCUT2D eigenvalue weighted by molar-refractivity contribution is 7.98. The van der Waals surface area contributed by atoms with Crippen LogP contribution in [0.4, 0.5) is 4.39 Å². The number of halogens is 2. The highest BCUT2D eigenvalue weighted by Gasteiger charge is 2.47. The first kappa shape index (κ1) is 27.6. The summed E-state index contributed by atoms with van der Waals surface area (Å²) in [5, 5.41) is 3.17. The highest BCUT2D eigenvalue weighted by atomic mass is 35.5. The van der Waals surface area contributed by atoms with Crippen LogP contribution < -0.4 is 20.3 Å². The monoisotopic (exact) mass is 570 g/mol. The number of aromatic nitrogens is 1. The minimum absolute atomic E-state index is 0.0884. The molecule has 2 N–H and O–H groups in total. The van der Waals surface area contributed by atoms with Gasteiger partial charge in [0.25, 0.3) is 17.3 Å². The van der Waals surface area contributed by atoms with Crippen molar-refractivity contribution >= 4 is 29.3 Å². The number of ether oxygens (including phenoxy) is 2. The van der Waals surface area contributed by atoms with Crippen molar-refractivity contribution in [3.05, 3.63) is 85.5 Å². The van der Waals surface area contributed by atoms with Gasteiger partial charge in [-0.2, -0.15) is 0 Å². The summed E-state index contributed by atoms with van der Waals surface area (Å²) in [6.07, 6.45) is 5.57. The van der Waals surface area contributed by atoms with Crippen molar-refractivity contribution in [3.8, 4) is 11.5 Å². The lowest BCUT2D eigenvalue weighted by molar-refractivity contribution is -0.121. The smallest absolute Gasteiger partial charge is 0.254 e. The SMILES string of the molecule is CSc1cc(C)[nH]c(=O)c1CNC(=O)c1cc(Cl)c2c(c1C)O[C@](C)(C1CCC(c3ccc(F)cc3)CC1)O2. The summed E-state index contributed by atoms with van der Waals surface area (Å²) in [7, 11) is 0. The second-order valence-electron chi connectivity index (χ2n) is 10.5. The second kappa shape index (κ2) is 10.9. The Bertz CT molecular complexity index is 1470. The van der Waals surface area contributed by atoms with E-state index >= 15 is 0 Å². The van der Waals surface area contributed by atoms with Crippen LogP contribution in [0, 0.1) is 25.6 Å². The molecule has 1 aromatic heterocycles. The van der Waals surface area contributed by atoms with Crippen LogP contribution in [0.1, 0.15) is 71.3 Å². The van der Waals surface area contributed by atoms with Crippen LogP contribution in [0.5, 0.6) is 11.5 Å². The number of hydrogen-bond donors (Lipinski definition) is 2. The van der Waals surface area contributed by atoms with Crippen LogP contribution in [0.25, 0.3) is 0 Å². The van der Waals surface area contributed by atoms with Crippen molar-refractivity contribution in [2.24, 2.45) is 5.92 Å². The van der Waals surface area contributed by atoms with Gasteiger partial charge in [-0.15, -0.1) is 11.8 Å². The summed E-state index contributed by atoms with van der Waals surface area (Å²) >= 11 is 8.07. The largest absolute Gasteiger partial charge is 0.448 e. The molecule has 206 valence electrons. The first-order valence-electron chi connectivity index (χ1n) is 13.1. The van der Waals surface area contributed by atoms with E-state index in [0.717, 1.165) is 41.8 Å². The van der Waals surface area contributed by atoms with Gasteiger partial charge in [0.2, 0.25) is 0 Å². The summed E-state index contributed by atoms with van der Waals surface area (Å²) in [6, 6.07) is 10.3. The number of nitrogens with one attached hydrogen (secondary N) is 2. The summed E-state index contributed by atoms with van der Waals surface area (Å²) < 4.78 is 26.1. The van der Waals surface area contributed by atoms with E-state index in [4.69, 9.17) is 21.1 Å². The maximum absolute atomic E-state index is 13.3. The van der Waals surface area contributed by atoms with Crippen LogP contribution in [0.3, 0.4) is 0 Å². The van der Waals surface area contributed by atoms with E-state index in [2.05, 4.69) is 10.3 Å². The molecule has 9 heteroatoms. The van der Waals surface area contributed by atoms with Crippen LogP contribution in [0.2, 0.25) is 5.02 Å². The van der Waals surface area contributed by atoms with Gasteiger partial charge in [0.05, 0.1) is 5.02 Å². The fraction of sp³-hybridized carbons (Fsp3) is 0.400. The van der Waals surface area contributed by atoms with E-state index in [1.807, 2.05) is 45.2 Å². The molecule has 1 aliphatic heterocycles. The zero-order chi connectivity index (χ0) is 27.9. The molecule has 2 aliphatic rings. The zero-order valence-electron chi connectivity index (χ0n) is 22.5. The normalized spacial score (nSPS) is 22.1. The number of fused-ring (bicyclic) bond motifs is 1. The standard InChI is InChI=1S/C30H32ClFN2O4S/c1-16-13-25(39-4)23(29(36)34-16)15-33-28(35)22-14-24(31)27-26(17(22)2)37-30(3,38-27)20-9-5-18(6-10-20)19-7-11-21(32)12-8-19/h7-8,11-14,18,20H,5-6,9-10,15H2,1-4H3,(H,33,35)(H,34,36)/t18?,20?,30-/m0/s1. The molecule has 6 nitrogen and oxygen atoms in total. The summed E-state index contributed by atoms with van der Waals surface area (Å²) in [6.45, 7) is 5.66. The molecular weight excluding hydrogens is 539 g/mol. The Kier molecular flexibility index (Phi) is 7.71. The minimum atomic E-state index is -0.901. The van der Waals surface area contributed by atoms with E-state index in [1.54, 1.807) is 6.07 Å². The van der Waals surface area contributed by atoms with Gasteiger partial charge in [-0.3, -0.25) is 9.59 Å². The van der Waals surface area contributed by atoms with E-state index in [-0.39, 0.29) is 29.7 Å². The van der Waals surface area contributed by atoms with Crippen LogP contribution >= 0.6 is 23.4 Å². The van der Waals surface area contributed by atoms with E-state index in [0.29, 0.717) is 39.1 Å². The molecular formula is C30H32ClFN2O4S. The average molecular weight is 571 g/mol. The molecule has 39 heavy (non-hydrogen) atoms. The number of thioether (sulfide) groups is 1. The molecule has 3 aromatic rings. The number of hydrogen-bond acceptors (Lipinski definition) is 5. The summed E-state index contributed by atoms with van der Waals surface area (Å²) in [4.78, 5) is 29.3. The number of carbonyl (C=O) groups excluding carboxylic acids is 1. The van der Waals surface area contributed by atoms with Gasteiger partial charge >= 0.3 is 0 Å². The second-order valence-corrected chi connectivity index (χ2v) is 11.8. The number of rotatable bonds is 6. The van der Waals surface area contributed by atoms with Crippen molar-refractivity contribution in [1.29, 1.82) is 0 Å². The van der Waals surface area contributed by atoms with Gasteiger partial charge in [-0.1, -0.05) is 23.7 Å². The number of amides is 1. The van der Waals surface area contributed by atoms with Gasteiger partial charge in [0.15, 0.2) is 11.5 Å². The van der Waals surface area contributed by atoms with Crippen LogP contribution in [0.15, 0.2) is 46.1 Å². The quantitative estimate of drug-likeness (QED) is 0.315. The molecule has 1 aliphatic carbocycles. The Morgan fingerprint density at radius 1 is 1.13 bits per heavy atom. The fourth-order valence-corrected chi connectivity index (χ4v) is 6.67. The maximum Gasteiger partial charge on any atom is 0.254 e. The first-order chi connectivity index (χ1) is 18.6. The minimum Gasteiger partial charge on any atom is -0.448 e. The van der Waals surface area contributed by atoms with Crippen LogP contribution in [-0.4, -0.2) is 22.9 Å². The third-order valence-corrected chi connectivity index (χ3v) is 9.06. The molecule has 1 atom stereocenters. The van der Waals surface area contributed by atoms with Gasteiger partial charge in [-0.25, -0.2) is 4.39 Å². The molecule has 1 amide bonds. The zero-order valence-corrected chi connectivity index (χ0v) is 24.0. The van der Waals surface area contributed by atoms with Gasteiger partial charge in [-0.05, 0) is 81.5 Å². The van der Waals surface area contributed by atoms with Gasteiger partial charge in [0, 0.05) is 46.7 Å². The lowest BCUT2D eigenvalue weighted by Crippen LogP contribution is -2.44. The number of benzene rings is 2. The van der Waals surface area contributed by atoms with Gasteiger partial charge in [0.1, 0.15) is 5.82 Å². The third-order valence-electron chi connectivity index (χ3n) is 7.98. The predicted molar refractivity (Wildman–Crippen MR) is 152 cm³/mol. The number of H-pyrrole nitrogens is 1. The topological polar surface area (TPSA) is 80.4 Å². The Balaban J connectivity index is 1.30. The summed E-state index contributed by atoms with van der Waals surface area (Å²) in [5.41, 5.74) is 3.23. The molecule has 0 spiro atoms. The average Bonchev–Trinajstić information content (AvgIpc) is 3.30. The number of carbonyl (C=O) groups is 1. The first-order valence-corrected chi connectivity index (χ1v) is 14.7. The maximum atomic E-state index is 13.3. The van der Waals surface area contributed by atoms with E-state index < -0.39 is 5.79 Å². The Morgan fingerprint density at radius 3 is 2.46 bits per heavy atom.